The molecule has 0 heterocycles. The Hall–Kier alpha value is -0.0900. The highest BCUT2D eigenvalue weighted by Crippen LogP contribution is 2.71. The molecule has 1 atom stereocenters. The summed E-state index contributed by atoms with van der Waals surface area (Å²) in [4.78, 5) is 0. The van der Waals surface area contributed by atoms with E-state index in [1.54, 1.807) is 69.8 Å². The molecule has 0 nitrogen and oxygen atoms in total. The van der Waals surface area contributed by atoms with Crippen molar-refractivity contribution in [3.05, 3.63) is 23.8 Å². The van der Waals surface area contributed by atoms with Gasteiger partial charge in [0.2, 0.25) is 0 Å². The van der Waals surface area contributed by atoms with Crippen molar-refractivity contribution in [3.63, 3.8) is 0 Å². The smallest absolute Gasteiger partial charge is 0.000429 e. The molecular formula is C30H45P. The number of allylic oxidation sites excluding steroid dienone is 4. The topological polar surface area (TPSA) is 0 Å². The van der Waals surface area contributed by atoms with Crippen molar-refractivity contribution in [2.45, 2.75) is 96.3 Å². The summed E-state index contributed by atoms with van der Waals surface area (Å²) in [6, 6.07) is 0. The molecule has 0 saturated heterocycles. The predicted octanol–water partition coefficient (Wildman–Crippen LogP) is 8.28. The molecule has 9 rings (SSSR count). The Balaban J connectivity index is 1.21. The van der Waals surface area contributed by atoms with Crippen LogP contribution in [0.3, 0.4) is 0 Å². The fourth-order valence-corrected chi connectivity index (χ4v) is 15.3. The molecule has 0 aromatic heterocycles. The Morgan fingerprint density at radius 2 is 1.10 bits per heavy atom. The zero-order valence-electron chi connectivity index (χ0n) is 20.3. The lowest BCUT2D eigenvalue weighted by molar-refractivity contribution is 0.0131. The summed E-state index contributed by atoms with van der Waals surface area (Å²) in [5, 5.41) is 0. The van der Waals surface area contributed by atoms with Crippen LogP contribution in [0.2, 0.25) is 0 Å². The van der Waals surface area contributed by atoms with E-state index in [0.29, 0.717) is 11.3 Å². The minimum Gasteiger partial charge on any atom is -0.0947 e. The van der Waals surface area contributed by atoms with Gasteiger partial charge in [-0.25, -0.2) is 0 Å². The van der Waals surface area contributed by atoms with Crippen LogP contribution >= 0.6 is 7.92 Å². The fourth-order valence-electron chi connectivity index (χ4n) is 10.7. The minimum absolute atomic E-state index is 0.154. The Morgan fingerprint density at radius 1 is 0.677 bits per heavy atom. The van der Waals surface area contributed by atoms with Gasteiger partial charge >= 0.3 is 0 Å². The fraction of sp³-hybridized carbons (Fsp3) is 0.867. The van der Waals surface area contributed by atoms with Gasteiger partial charge in [0.25, 0.3) is 0 Å². The molecule has 1 heteroatoms. The third-order valence-corrected chi connectivity index (χ3v) is 15.3. The van der Waals surface area contributed by atoms with E-state index < -0.39 is 0 Å². The van der Waals surface area contributed by atoms with E-state index in [4.69, 9.17) is 0 Å². The molecule has 8 saturated carbocycles. The van der Waals surface area contributed by atoms with E-state index in [-0.39, 0.29) is 7.92 Å². The van der Waals surface area contributed by atoms with E-state index in [0.717, 1.165) is 58.7 Å². The van der Waals surface area contributed by atoms with Gasteiger partial charge in [0.1, 0.15) is 0 Å². The molecule has 0 aliphatic heterocycles. The molecule has 0 N–H and O–H groups in total. The van der Waals surface area contributed by atoms with Gasteiger partial charge < -0.3 is 0 Å². The third kappa shape index (κ3) is 3.39. The van der Waals surface area contributed by atoms with Crippen LogP contribution in [0.4, 0.5) is 0 Å². The molecule has 9 aliphatic rings. The average molecular weight is 437 g/mol. The number of hydrogen-bond donors (Lipinski definition) is 0. The molecular weight excluding hydrogens is 391 g/mol. The highest BCUT2D eigenvalue weighted by molar-refractivity contribution is 7.59. The summed E-state index contributed by atoms with van der Waals surface area (Å²) in [7, 11) is 0.154. The van der Waals surface area contributed by atoms with Crippen LogP contribution < -0.4 is 0 Å². The Bertz CT molecular complexity index is 683. The lowest BCUT2D eigenvalue weighted by Crippen LogP contribution is -2.53. The quantitative estimate of drug-likeness (QED) is 0.389. The summed E-state index contributed by atoms with van der Waals surface area (Å²) in [5.41, 5.74) is 4.43. The number of hydrogen-bond acceptors (Lipinski definition) is 0. The normalized spacial score (nSPS) is 52.7. The van der Waals surface area contributed by atoms with Gasteiger partial charge in [0, 0.05) is 5.92 Å². The molecule has 0 spiro atoms. The Labute approximate surface area is 192 Å². The molecule has 0 radical (unpaired) electrons. The van der Waals surface area contributed by atoms with E-state index in [1.165, 1.54) is 6.16 Å². The SMILES string of the molecule is CC(C)(C)C1C=CC(CP(C2C3CC4CC(C3)CC2C4)C2C3CC4CC(C3)CC2C4)=C1. The highest BCUT2D eigenvalue weighted by Gasteiger charge is 2.56. The largest absolute Gasteiger partial charge is 0.0947 e. The summed E-state index contributed by atoms with van der Waals surface area (Å²) in [5.74, 6) is 9.70. The van der Waals surface area contributed by atoms with Crippen LogP contribution in [0.25, 0.3) is 0 Å². The molecule has 1 unspecified atom stereocenters. The van der Waals surface area contributed by atoms with Crippen LogP contribution in [0.15, 0.2) is 23.8 Å². The zero-order chi connectivity index (χ0) is 20.9. The van der Waals surface area contributed by atoms with E-state index >= 15 is 0 Å². The molecule has 0 amide bonds. The van der Waals surface area contributed by atoms with Gasteiger partial charge in [-0.15, -0.1) is 0 Å². The summed E-state index contributed by atoms with van der Waals surface area (Å²) < 4.78 is 0. The zero-order valence-corrected chi connectivity index (χ0v) is 21.2. The molecule has 8 fully saturated rings. The average Bonchev–Trinajstić information content (AvgIpc) is 3.15. The van der Waals surface area contributed by atoms with Crippen LogP contribution in [-0.2, 0) is 0 Å². The lowest BCUT2D eigenvalue weighted by Gasteiger charge is -2.62. The first-order valence-electron chi connectivity index (χ1n) is 14.1. The van der Waals surface area contributed by atoms with Gasteiger partial charge in [-0.05, 0) is 140 Å². The van der Waals surface area contributed by atoms with Crippen LogP contribution in [-0.4, -0.2) is 17.5 Å². The van der Waals surface area contributed by atoms with Crippen molar-refractivity contribution in [1.82, 2.24) is 0 Å². The maximum atomic E-state index is 2.71. The first-order valence-corrected chi connectivity index (χ1v) is 15.7. The van der Waals surface area contributed by atoms with Crippen molar-refractivity contribution in [2.24, 2.45) is 58.7 Å². The molecule has 0 aromatic rings. The van der Waals surface area contributed by atoms with Crippen molar-refractivity contribution >= 4 is 7.92 Å². The van der Waals surface area contributed by atoms with Crippen molar-refractivity contribution in [2.75, 3.05) is 6.16 Å². The summed E-state index contributed by atoms with van der Waals surface area (Å²) >= 11 is 0. The predicted molar refractivity (Wildman–Crippen MR) is 134 cm³/mol. The van der Waals surface area contributed by atoms with Gasteiger partial charge in [-0.1, -0.05) is 46.9 Å². The van der Waals surface area contributed by atoms with Gasteiger partial charge in [-0.3, -0.25) is 0 Å². The third-order valence-electron chi connectivity index (χ3n) is 11.4. The highest BCUT2D eigenvalue weighted by atomic mass is 31.1. The summed E-state index contributed by atoms with van der Waals surface area (Å²) in [6.45, 7) is 7.29. The second kappa shape index (κ2) is 7.20. The lowest BCUT2D eigenvalue weighted by atomic mass is 9.55. The summed E-state index contributed by atoms with van der Waals surface area (Å²) in [6.07, 6.45) is 25.6. The Kier molecular flexibility index (Phi) is 4.72. The standard InChI is InChI=1S/C30H45P/c1-30(2,3)27-5-4-18(16-27)17-31(28-23-8-19-6-20(10-23)11-24(28)9-19)29-25-12-21-7-22(14-25)15-26(29)13-21/h4-5,16,19-29H,6-15,17H2,1-3H3. The first kappa shape index (κ1) is 20.3. The van der Waals surface area contributed by atoms with Crippen LogP contribution in [0.1, 0.15) is 85.0 Å². The Morgan fingerprint density at radius 3 is 1.45 bits per heavy atom. The second-order valence-corrected chi connectivity index (χ2v) is 17.0. The van der Waals surface area contributed by atoms with Crippen molar-refractivity contribution in [3.8, 4) is 0 Å². The van der Waals surface area contributed by atoms with Gasteiger partial charge in [0.05, 0.1) is 0 Å². The molecule has 0 aromatic carbocycles. The van der Waals surface area contributed by atoms with Crippen molar-refractivity contribution in [1.29, 1.82) is 0 Å². The molecule has 31 heavy (non-hydrogen) atoms. The maximum Gasteiger partial charge on any atom is 0.000429 e. The maximum absolute atomic E-state index is 2.71. The van der Waals surface area contributed by atoms with Crippen molar-refractivity contribution < 1.29 is 0 Å². The van der Waals surface area contributed by atoms with Gasteiger partial charge in [0.15, 0.2) is 0 Å². The van der Waals surface area contributed by atoms with Crippen LogP contribution in [0, 0.1) is 58.7 Å². The van der Waals surface area contributed by atoms with E-state index in [9.17, 15) is 0 Å². The molecule has 170 valence electrons. The molecule has 8 bridgehead atoms. The molecule has 9 aliphatic carbocycles. The van der Waals surface area contributed by atoms with E-state index in [1.807, 2.05) is 0 Å². The first-order chi connectivity index (χ1) is 14.9. The monoisotopic (exact) mass is 436 g/mol. The number of rotatable bonds is 4. The van der Waals surface area contributed by atoms with Gasteiger partial charge in [-0.2, -0.15) is 0 Å². The second-order valence-electron chi connectivity index (χ2n) is 14.5. The minimum atomic E-state index is 0.154. The van der Waals surface area contributed by atoms with E-state index in [2.05, 4.69) is 39.0 Å². The van der Waals surface area contributed by atoms with Crippen LogP contribution in [0.5, 0.6) is 0 Å².